The van der Waals surface area contributed by atoms with Crippen molar-refractivity contribution >= 4 is 52.3 Å². The van der Waals surface area contributed by atoms with Crippen LogP contribution < -0.4 is 15.0 Å². The molecule has 16 heteroatoms. The van der Waals surface area contributed by atoms with Gasteiger partial charge >= 0.3 is 18.2 Å². The molecular formula is C43H55ClN6O9. The Labute approximate surface area is 349 Å². The average molecular weight is 835 g/mol. The maximum absolute atomic E-state index is 13.7. The number of amides is 3. The van der Waals surface area contributed by atoms with E-state index in [1.54, 1.807) is 22.9 Å². The van der Waals surface area contributed by atoms with E-state index in [1.807, 2.05) is 101 Å². The number of aliphatic hydroxyl groups excluding tert-OH is 1. The Kier molecular flexibility index (Phi) is 15.2. The number of rotatable bonds is 13. The number of fused-ring (bicyclic) bond motifs is 2. The smallest absolute Gasteiger partial charge is 0.410 e. The molecule has 2 atom stereocenters. The molecule has 59 heavy (non-hydrogen) atoms. The Morgan fingerprint density at radius 1 is 1.10 bits per heavy atom. The SMILES string of the molecule is CCOC(=O)[C@H](O)CCNC(=O)OCc1ccccc1.Cc1ccc2[nH]ncc2c1-c1cc2c(cc1Cl)N(CC1CN(C(=O)OC(C)(C)C)C1)C(=O)[C@H](CCN(C)C)O2. The molecule has 1 aromatic heterocycles. The third-order valence-electron chi connectivity index (χ3n) is 9.60. The number of esters is 1. The maximum atomic E-state index is 13.7. The van der Waals surface area contributed by atoms with Crippen molar-refractivity contribution in [1.29, 1.82) is 0 Å². The van der Waals surface area contributed by atoms with Gasteiger partial charge in [0.15, 0.2) is 12.2 Å². The third-order valence-corrected chi connectivity index (χ3v) is 9.91. The Balaban J connectivity index is 0.000000280. The van der Waals surface area contributed by atoms with E-state index in [2.05, 4.69) is 20.3 Å². The first-order valence-corrected chi connectivity index (χ1v) is 20.1. The number of aromatic nitrogens is 2. The summed E-state index contributed by atoms with van der Waals surface area (Å²) in [5.74, 6) is -0.0211. The molecule has 15 nitrogen and oxygen atoms in total. The zero-order chi connectivity index (χ0) is 42.9. The van der Waals surface area contributed by atoms with Crippen LogP contribution in [0.5, 0.6) is 5.75 Å². The van der Waals surface area contributed by atoms with E-state index in [1.165, 1.54) is 0 Å². The van der Waals surface area contributed by atoms with Crippen LogP contribution in [-0.4, -0.2) is 120 Å². The lowest BCUT2D eigenvalue weighted by Gasteiger charge is -2.43. The summed E-state index contributed by atoms with van der Waals surface area (Å²) < 4.78 is 21.4. The van der Waals surface area contributed by atoms with Gasteiger partial charge in [-0.05, 0) is 83.6 Å². The van der Waals surface area contributed by atoms with Gasteiger partial charge in [-0.15, -0.1) is 0 Å². The lowest BCUT2D eigenvalue weighted by Crippen LogP contribution is -2.57. The van der Waals surface area contributed by atoms with Crippen molar-refractivity contribution < 1.29 is 43.2 Å². The highest BCUT2D eigenvalue weighted by atomic mass is 35.5. The number of carbonyl (C=O) groups is 4. The molecule has 1 fully saturated rings. The normalized spacial score (nSPS) is 15.7. The molecule has 0 aliphatic carbocycles. The standard InChI is InChI=1S/C29H36ClN5O4.C14H19NO5/c1-17-7-8-22-20(13-31-32-22)26(17)19-11-25-23(12-21(19)30)35(27(36)24(38-25)9-10-33(5)6)16-18-14-34(15-18)28(37)39-29(2,3)4;1-2-19-13(17)12(16)8-9-15-14(18)20-10-11-6-4-3-5-7-11/h7-8,11-13,18,24H,9-10,14-16H2,1-6H3,(H,31,32);3-7,12,16H,2,8-10H2,1H3,(H,15,18)/t24-;12-/m01/s1. The first kappa shape index (κ1) is 44.7. The molecule has 0 unspecified atom stereocenters. The number of aliphatic hydroxyl groups is 1. The lowest BCUT2D eigenvalue weighted by molar-refractivity contribution is -0.153. The number of nitrogens with one attached hydrogen (secondary N) is 2. The van der Waals surface area contributed by atoms with E-state index in [0.29, 0.717) is 49.1 Å². The molecule has 0 bridgehead atoms. The third kappa shape index (κ3) is 12.1. The Morgan fingerprint density at radius 3 is 2.51 bits per heavy atom. The van der Waals surface area contributed by atoms with Gasteiger partial charge in [0.2, 0.25) is 0 Å². The van der Waals surface area contributed by atoms with Crippen molar-refractivity contribution in [3.63, 3.8) is 0 Å². The number of aryl methyl sites for hydroxylation is 1. The van der Waals surface area contributed by atoms with Crippen LogP contribution in [0.15, 0.2) is 60.8 Å². The van der Waals surface area contributed by atoms with Crippen LogP contribution in [0.1, 0.15) is 51.7 Å². The Hall–Kier alpha value is -5.38. The van der Waals surface area contributed by atoms with Crippen LogP contribution in [0.2, 0.25) is 5.02 Å². The van der Waals surface area contributed by atoms with Crippen molar-refractivity contribution in [2.24, 2.45) is 5.92 Å². The summed E-state index contributed by atoms with van der Waals surface area (Å²) in [5.41, 5.74) is 4.80. The highest BCUT2D eigenvalue weighted by Gasteiger charge is 2.40. The number of hydrogen-bond acceptors (Lipinski definition) is 11. The van der Waals surface area contributed by atoms with Gasteiger partial charge in [-0.2, -0.15) is 5.10 Å². The first-order chi connectivity index (χ1) is 28.0. The summed E-state index contributed by atoms with van der Waals surface area (Å²) in [6.45, 7) is 12.0. The Morgan fingerprint density at radius 2 is 1.83 bits per heavy atom. The van der Waals surface area contributed by atoms with Crippen LogP contribution in [0.25, 0.3) is 22.0 Å². The molecule has 0 spiro atoms. The van der Waals surface area contributed by atoms with Crippen LogP contribution in [0.3, 0.4) is 0 Å². The van der Waals surface area contributed by atoms with Crippen LogP contribution in [-0.2, 0) is 30.4 Å². The molecule has 4 aromatic rings. The molecule has 1 saturated heterocycles. The van der Waals surface area contributed by atoms with Gasteiger partial charge in [0.05, 0.1) is 29.0 Å². The number of carbonyl (C=O) groups excluding carboxylic acids is 4. The molecule has 2 aliphatic rings. The van der Waals surface area contributed by atoms with Crippen LogP contribution >= 0.6 is 11.6 Å². The molecule has 0 saturated carbocycles. The van der Waals surface area contributed by atoms with Crippen LogP contribution in [0.4, 0.5) is 15.3 Å². The predicted molar refractivity (Wildman–Crippen MR) is 224 cm³/mol. The molecule has 2 aliphatic heterocycles. The molecular weight excluding hydrogens is 780 g/mol. The first-order valence-electron chi connectivity index (χ1n) is 19.7. The van der Waals surface area contributed by atoms with Gasteiger partial charge in [0, 0.05) is 62.4 Å². The number of alkyl carbamates (subject to hydrolysis) is 1. The average Bonchev–Trinajstić information content (AvgIpc) is 3.64. The highest BCUT2D eigenvalue weighted by Crippen LogP contribution is 2.45. The summed E-state index contributed by atoms with van der Waals surface area (Å²) in [4.78, 5) is 54.1. The number of anilines is 1. The molecule has 6 rings (SSSR count). The number of ether oxygens (including phenoxy) is 4. The number of hydrogen-bond donors (Lipinski definition) is 3. The summed E-state index contributed by atoms with van der Waals surface area (Å²) in [6, 6.07) is 17.1. The second-order valence-corrected chi connectivity index (χ2v) is 16.2. The summed E-state index contributed by atoms with van der Waals surface area (Å²) >= 11 is 6.90. The van der Waals surface area contributed by atoms with Crippen molar-refractivity contribution in [1.82, 2.24) is 25.3 Å². The van der Waals surface area contributed by atoms with E-state index < -0.39 is 29.9 Å². The number of H-pyrrole nitrogens is 1. The summed E-state index contributed by atoms with van der Waals surface area (Å²) in [6.07, 6.45) is -0.315. The van der Waals surface area contributed by atoms with E-state index in [4.69, 9.17) is 25.8 Å². The molecule has 3 aromatic carbocycles. The van der Waals surface area contributed by atoms with E-state index in [-0.39, 0.29) is 44.1 Å². The monoisotopic (exact) mass is 834 g/mol. The van der Waals surface area contributed by atoms with Gasteiger partial charge in [0.25, 0.3) is 5.91 Å². The van der Waals surface area contributed by atoms with Crippen molar-refractivity contribution in [3.05, 3.63) is 76.9 Å². The minimum Gasteiger partial charge on any atom is -0.478 e. The van der Waals surface area contributed by atoms with Gasteiger partial charge in [-0.25, -0.2) is 14.4 Å². The predicted octanol–water partition coefficient (Wildman–Crippen LogP) is 6.33. The van der Waals surface area contributed by atoms with Crippen molar-refractivity contribution in [3.8, 4) is 16.9 Å². The fourth-order valence-electron chi connectivity index (χ4n) is 6.63. The maximum Gasteiger partial charge on any atom is 0.410 e. The molecule has 318 valence electrons. The van der Waals surface area contributed by atoms with Gasteiger partial charge in [0.1, 0.15) is 18.0 Å². The van der Waals surface area contributed by atoms with E-state index in [9.17, 15) is 24.3 Å². The van der Waals surface area contributed by atoms with Gasteiger partial charge in [-0.3, -0.25) is 9.89 Å². The fraction of sp³-hybridized carbons (Fsp3) is 0.465. The summed E-state index contributed by atoms with van der Waals surface area (Å²) in [5, 5.41) is 20.6. The number of nitrogens with zero attached hydrogens (tertiary/aromatic N) is 4. The van der Waals surface area contributed by atoms with Crippen molar-refractivity contribution in [2.75, 3.05) is 58.3 Å². The second kappa shape index (κ2) is 20.1. The van der Waals surface area contributed by atoms with E-state index >= 15 is 0 Å². The minimum absolute atomic E-state index is 0.0826. The minimum atomic E-state index is -1.23. The topological polar surface area (TPSA) is 176 Å². The zero-order valence-electron chi connectivity index (χ0n) is 34.7. The van der Waals surface area contributed by atoms with E-state index in [0.717, 1.165) is 33.2 Å². The molecule has 3 heterocycles. The Bertz CT molecular complexity index is 2080. The number of benzene rings is 3. The van der Waals surface area contributed by atoms with Gasteiger partial charge < -0.3 is 44.1 Å². The number of likely N-dealkylation sites (tertiary alicyclic amines) is 1. The summed E-state index contributed by atoms with van der Waals surface area (Å²) in [7, 11) is 3.95. The van der Waals surface area contributed by atoms with Gasteiger partial charge in [-0.1, -0.05) is 48.0 Å². The zero-order valence-corrected chi connectivity index (χ0v) is 35.5. The molecule has 3 N–H and O–H groups in total. The quantitative estimate of drug-likeness (QED) is 0.101. The van der Waals surface area contributed by atoms with Crippen LogP contribution in [0, 0.1) is 12.8 Å². The fourth-order valence-corrected chi connectivity index (χ4v) is 6.88. The molecule has 3 amide bonds. The van der Waals surface area contributed by atoms with Crippen molar-refractivity contribution in [2.45, 2.75) is 71.9 Å². The largest absolute Gasteiger partial charge is 0.478 e. The lowest BCUT2D eigenvalue weighted by atomic mass is 9.95. The number of aromatic amines is 1. The highest BCUT2D eigenvalue weighted by molar-refractivity contribution is 6.34. The second-order valence-electron chi connectivity index (χ2n) is 15.8. The number of halogens is 1. The molecule has 0 radical (unpaired) electrons.